The van der Waals surface area contributed by atoms with Crippen molar-refractivity contribution in [1.82, 2.24) is 0 Å². The smallest absolute Gasteiger partial charge is 0.330 e. The van der Waals surface area contributed by atoms with E-state index in [1.54, 1.807) is 17.8 Å². The minimum absolute atomic E-state index is 0.297. The molecule has 0 aromatic carbocycles. The van der Waals surface area contributed by atoms with E-state index in [-0.39, 0.29) is 5.97 Å². The number of ether oxygens (including phenoxy) is 1. The average molecular weight is 189 g/mol. The summed E-state index contributed by atoms with van der Waals surface area (Å²) in [4.78, 5) is 10.6. The second kappa shape index (κ2) is 8.62. The molecule has 0 aliphatic heterocycles. The van der Waals surface area contributed by atoms with Gasteiger partial charge in [-0.25, -0.2) is 4.79 Å². The highest BCUT2D eigenvalue weighted by Gasteiger charge is 1.89. The minimum Gasteiger partial charge on any atom is -0.466 e. The summed E-state index contributed by atoms with van der Waals surface area (Å²) in [6, 6.07) is 0. The monoisotopic (exact) mass is 189 g/mol. The number of thioether (sulfide) groups is 1. The molecule has 0 spiro atoms. The number of hydrogen-bond donors (Lipinski definition) is 1. The summed E-state index contributed by atoms with van der Waals surface area (Å²) in [6.45, 7) is 0.730. The first-order valence-corrected chi connectivity index (χ1v) is 4.99. The largest absolute Gasteiger partial charge is 0.466 e. The molecule has 0 radical (unpaired) electrons. The number of rotatable bonds is 6. The predicted molar refractivity (Wildman–Crippen MR) is 52.2 cm³/mol. The van der Waals surface area contributed by atoms with Gasteiger partial charge in [0, 0.05) is 11.8 Å². The molecule has 0 aliphatic rings. The Hall–Kier alpha value is -0.480. The van der Waals surface area contributed by atoms with Crippen molar-refractivity contribution in [3.63, 3.8) is 0 Å². The van der Waals surface area contributed by atoms with Gasteiger partial charge in [0.05, 0.1) is 7.11 Å². The highest BCUT2D eigenvalue weighted by molar-refractivity contribution is 7.99. The summed E-state index contributed by atoms with van der Waals surface area (Å²) in [5.41, 5.74) is 5.31. The lowest BCUT2D eigenvalue weighted by Crippen LogP contribution is -1.99. The fourth-order valence-corrected chi connectivity index (χ4v) is 1.32. The minimum atomic E-state index is -0.297. The zero-order chi connectivity index (χ0) is 9.23. The average Bonchev–Trinajstić information content (AvgIpc) is 2.10. The van der Waals surface area contributed by atoms with Gasteiger partial charge in [0.25, 0.3) is 0 Å². The zero-order valence-electron chi connectivity index (χ0n) is 7.29. The first-order valence-electron chi connectivity index (χ1n) is 3.83. The fourth-order valence-electron chi connectivity index (χ4n) is 0.549. The summed E-state index contributed by atoms with van der Waals surface area (Å²) in [5, 5.41) is 0. The van der Waals surface area contributed by atoms with Gasteiger partial charge in [0.2, 0.25) is 0 Å². The number of hydrogen-bond acceptors (Lipinski definition) is 4. The normalized spacial score (nSPS) is 10.5. The van der Waals surface area contributed by atoms with Crippen LogP contribution in [-0.4, -0.2) is 31.1 Å². The molecule has 0 aliphatic carbocycles. The molecule has 0 atom stereocenters. The van der Waals surface area contributed by atoms with Gasteiger partial charge in [-0.1, -0.05) is 6.08 Å². The summed E-state index contributed by atoms with van der Waals surface area (Å²) in [6.07, 6.45) is 4.26. The Balaban J connectivity index is 3.18. The third-order valence-corrected chi connectivity index (χ3v) is 2.17. The first kappa shape index (κ1) is 11.5. The molecule has 12 heavy (non-hydrogen) atoms. The number of nitrogens with two attached hydrogens (primary N) is 1. The van der Waals surface area contributed by atoms with Gasteiger partial charge in [-0.15, -0.1) is 0 Å². The van der Waals surface area contributed by atoms with Crippen LogP contribution in [0.4, 0.5) is 0 Å². The lowest BCUT2D eigenvalue weighted by molar-refractivity contribution is -0.134. The molecule has 0 aromatic heterocycles. The van der Waals surface area contributed by atoms with Crippen LogP contribution in [0.1, 0.15) is 6.42 Å². The Morgan fingerprint density at radius 3 is 3.00 bits per heavy atom. The van der Waals surface area contributed by atoms with Crippen LogP contribution in [0.3, 0.4) is 0 Å². The number of carbonyl (C=O) groups is 1. The van der Waals surface area contributed by atoms with Gasteiger partial charge in [0.15, 0.2) is 0 Å². The van der Waals surface area contributed by atoms with Gasteiger partial charge in [-0.05, 0) is 18.7 Å². The maximum atomic E-state index is 10.6. The Kier molecular flexibility index (Phi) is 8.27. The standard InChI is InChI=1S/C8H15NO2S/c1-11-8(10)4-2-6-12-7-3-5-9/h2,4H,3,5-7,9H2,1H3. The summed E-state index contributed by atoms with van der Waals surface area (Å²) >= 11 is 1.76. The molecule has 0 heterocycles. The maximum absolute atomic E-state index is 10.6. The summed E-state index contributed by atoms with van der Waals surface area (Å²) in [7, 11) is 1.37. The highest BCUT2D eigenvalue weighted by atomic mass is 32.2. The molecule has 4 heteroatoms. The summed E-state index contributed by atoms with van der Waals surface area (Å²) in [5.74, 6) is 1.59. The number of esters is 1. The van der Waals surface area contributed by atoms with Crippen LogP contribution >= 0.6 is 11.8 Å². The molecule has 70 valence electrons. The van der Waals surface area contributed by atoms with Crippen LogP contribution in [0.15, 0.2) is 12.2 Å². The van der Waals surface area contributed by atoms with Crippen LogP contribution in [0.2, 0.25) is 0 Å². The van der Waals surface area contributed by atoms with E-state index < -0.39 is 0 Å². The third kappa shape index (κ3) is 7.63. The van der Waals surface area contributed by atoms with Crippen molar-refractivity contribution >= 4 is 17.7 Å². The van der Waals surface area contributed by atoms with E-state index in [4.69, 9.17) is 5.73 Å². The molecule has 0 saturated heterocycles. The van der Waals surface area contributed by atoms with Gasteiger partial charge in [-0.3, -0.25) is 0 Å². The molecular weight excluding hydrogens is 174 g/mol. The molecule has 2 N–H and O–H groups in total. The van der Waals surface area contributed by atoms with Gasteiger partial charge >= 0.3 is 5.97 Å². The molecule has 0 rings (SSSR count). The maximum Gasteiger partial charge on any atom is 0.330 e. The van der Waals surface area contributed by atoms with E-state index in [0.29, 0.717) is 0 Å². The number of carbonyl (C=O) groups excluding carboxylic acids is 1. The van der Waals surface area contributed by atoms with Crippen LogP contribution in [0.25, 0.3) is 0 Å². The van der Waals surface area contributed by atoms with Crippen LogP contribution < -0.4 is 5.73 Å². The molecule has 0 fully saturated rings. The molecular formula is C8H15NO2S. The second-order valence-corrected chi connectivity index (χ2v) is 3.29. The van der Waals surface area contributed by atoms with Crippen molar-refractivity contribution in [3.8, 4) is 0 Å². The van der Waals surface area contributed by atoms with Crippen LogP contribution in [0, 0.1) is 0 Å². The van der Waals surface area contributed by atoms with E-state index >= 15 is 0 Å². The Morgan fingerprint density at radius 2 is 2.42 bits per heavy atom. The van der Waals surface area contributed by atoms with Crippen molar-refractivity contribution < 1.29 is 9.53 Å². The van der Waals surface area contributed by atoms with Crippen molar-refractivity contribution in [2.45, 2.75) is 6.42 Å². The molecule has 0 bridgehead atoms. The zero-order valence-corrected chi connectivity index (χ0v) is 8.10. The Labute approximate surface area is 77.3 Å². The van der Waals surface area contributed by atoms with Crippen LogP contribution in [0.5, 0.6) is 0 Å². The lowest BCUT2D eigenvalue weighted by atomic mass is 10.5. The molecule has 0 amide bonds. The SMILES string of the molecule is COC(=O)C=CCSCCCN. The predicted octanol–water partition coefficient (Wildman–Crippen LogP) is 0.798. The van der Waals surface area contributed by atoms with E-state index in [2.05, 4.69) is 4.74 Å². The van der Waals surface area contributed by atoms with E-state index in [1.807, 2.05) is 0 Å². The second-order valence-electron chi connectivity index (χ2n) is 2.14. The van der Waals surface area contributed by atoms with Gasteiger partial charge in [0.1, 0.15) is 0 Å². The van der Waals surface area contributed by atoms with Crippen molar-refractivity contribution in [3.05, 3.63) is 12.2 Å². The first-order chi connectivity index (χ1) is 5.81. The van der Waals surface area contributed by atoms with E-state index in [0.717, 1.165) is 24.5 Å². The Morgan fingerprint density at radius 1 is 1.67 bits per heavy atom. The highest BCUT2D eigenvalue weighted by Crippen LogP contribution is 2.01. The third-order valence-electron chi connectivity index (χ3n) is 1.16. The van der Waals surface area contributed by atoms with Gasteiger partial charge < -0.3 is 10.5 Å². The lowest BCUT2D eigenvalue weighted by Gasteiger charge is -1.94. The van der Waals surface area contributed by atoms with Gasteiger partial charge in [-0.2, -0.15) is 11.8 Å². The van der Waals surface area contributed by atoms with Crippen molar-refractivity contribution in [1.29, 1.82) is 0 Å². The fraction of sp³-hybridized carbons (Fsp3) is 0.625. The topological polar surface area (TPSA) is 52.3 Å². The molecule has 3 nitrogen and oxygen atoms in total. The van der Waals surface area contributed by atoms with Crippen LogP contribution in [-0.2, 0) is 9.53 Å². The van der Waals surface area contributed by atoms with E-state index in [9.17, 15) is 4.79 Å². The molecule has 0 aromatic rings. The van der Waals surface area contributed by atoms with E-state index in [1.165, 1.54) is 13.2 Å². The van der Waals surface area contributed by atoms with Crippen molar-refractivity contribution in [2.75, 3.05) is 25.2 Å². The Bertz CT molecular complexity index is 148. The molecule has 0 saturated carbocycles. The molecule has 0 unspecified atom stereocenters. The number of methoxy groups -OCH3 is 1. The van der Waals surface area contributed by atoms with Crippen molar-refractivity contribution in [2.24, 2.45) is 5.73 Å². The quantitative estimate of drug-likeness (QED) is 0.381. The summed E-state index contributed by atoms with van der Waals surface area (Å²) < 4.78 is 4.42.